The zero-order valence-electron chi connectivity index (χ0n) is 16.9. The van der Waals surface area contributed by atoms with E-state index in [4.69, 9.17) is 14.2 Å². The molecule has 0 aromatic rings. The van der Waals surface area contributed by atoms with Gasteiger partial charge in [-0.2, -0.15) is 0 Å². The van der Waals surface area contributed by atoms with Crippen molar-refractivity contribution >= 4 is 12.3 Å². The van der Waals surface area contributed by atoms with Crippen LogP contribution in [0.1, 0.15) is 32.6 Å². The molecular weight excluding hydrogens is 396 g/mol. The average Bonchev–Trinajstić information content (AvgIpc) is 3.02. The molecule has 0 aromatic heterocycles. The van der Waals surface area contributed by atoms with Crippen LogP contribution in [0.2, 0.25) is 0 Å². The molecule has 4 N–H and O–H groups in total. The summed E-state index contributed by atoms with van der Waals surface area (Å²) < 4.78 is 17.3. The number of esters is 1. The van der Waals surface area contributed by atoms with Gasteiger partial charge < -0.3 is 39.4 Å². The summed E-state index contributed by atoms with van der Waals surface area (Å²) in [5.74, 6) is -1.10. The summed E-state index contributed by atoms with van der Waals surface area (Å²) >= 11 is 0. The van der Waals surface area contributed by atoms with E-state index in [2.05, 4.69) is 6.58 Å². The molecule has 0 spiro atoms. The van der Waals surface area contributed by atoms with Crippen molar-refractivity contribution in [1.82, 2.24) is 0 Å². The van der Waals surface area contributed by atoms with Crippen molar-refractivity contribution in [3.8, 4) is 0 Å². The predicted octanol–water partition coefficient (Wildman–Crippen LogP) is -0.705. The van der Waals surface area contributed by atoms with Crippen LogP contribution in [-0.4, -0.2) is 82.2 Å². The molecular formula is C21H30O9. The molecule has 30 heavy (non-hydrogen) atoms. The van der Waals surface area contributed by atoms with Crippen LogP contribution in [0.5, 0.6) is 0 Å². The molecule has 2 heterocycles. The van der Waals surface area contributed by atoms with Crippen molar-refractivity contribution in [3.05, 3.63) is 12.2 Å². The molecule has 2 saturated heterocycles. The minimum absolute atomic E-state index is 0.121. The SMILES string of the molecule is C=C1C(=O)O[C@@H]2[C@H]3[C@H](C=O)CC[C@@H](O[C@@H]4O[C@H](CO)[C@@H](O)[C@H](O)[C@H]4O)[C@]3(C)CC[C@@H]12. The minimum Gasteiger partial charge on any atom is -0.458 e. The first-order valence-corrected chi connectivity index (χ1v) is 10.5. The van der Waals surface area contributed by atoms with E-state index in [1.165, 1.54) is 0 Å². The molecule has 0 amide bonds. The summed E-state index contributed by atoms with van der Waals surface area (Å²) in [6, 6.07) is 0. The fourth-order valence-electron chi connectivity index (χ4n) is 5.98. The van der Waals surface area contributed by atoms with E-state index in [0.717, 1.165) is 6.29 Å². The summed E-state index contributed by atoms with van der Waals surface area (Å²) in [5, 5.41) is 39.9. The van der Waals surface area contributed by atoms with Crippen LogP contribution in [0.25, 0.3) is 0 Å². The number of aliphatic hydroxyl groups is 4. The normalized spacial score (nSPS) is 51.1. The molecule has 2 saturated carbocycles. The van der Waals surface area contributed by atoms with E-state index in [9.17, 15) is 30.0 Å². The highest BCUT2D eigenvalue weighted by atomic mass is 16.7. The van der Waals surface area contributed by atoms with Crippen molar-refractivity contribution in [2.45, 2.75) is 75.5 Å². The number of aldehydes is 1. The van der Waals surface area contributed by atoms with E-state index in [0.29, 0.717) is 31.3 Å². The number of ether oxygens (including phenoxy) is 3. The largest absolute Gasteiger partial charge is 0.458 e. The molecule has 4 aliphatic rings. The smallest absolute Gasteiger partial charge is 0.334 e. The van der Waals surface area contributed by atoms with E-state index >= 15 is 0 Å². The van der Waals surface area contributed by atoms with Gasteiger partial charge in [-0.25, -0.2) is 4.79 Å². The van der Waals surface area contributed by atoms with Crippen LogP contribution in [-0.2, 0) is 23.8 Å². The zero-order chi connectivity index (χ0) is 21.8. The summed E-state index contributed by atoms with van der Waals surface area (Å²) in [7, 11) is 0. The maximum atomic E-state index is 12.1. The Morgan fingerprint density at radius 1 is 1.20 bits per heavy atom. The van der Waals surface area contributed by atoms with Crippen LogP contribution < -0.4 is 0 Å². The number of hydrogen-bond acceptors (Lipinski definition) is 9. The molecule has 4 rings (SSSR count). The number of hydrogen-bond donors (Lipinski definition) is 4. The maximum Gasteiger partial charge on any atom is 0.334 e. The third kappa shape index (κ3) is 3.23. The second kappa shape index (κ2) is 7.96. The van der Waals surface area contributed by atoms with Crippen molar-refractivity contribution in [3.63, 3.8) is 0 Å². The second-order valence-electron chi connectivity index (χ2n) is 9.27. The highest BCUT2D eigenvalue weighted by Crippen LogP contribution is 2.58. The van der Waals surface area contributed by atoms with Crippen LogP contribution in [0, 0.1) is 23.2 Å². The van der Waals surface area contributed by atoms with Gasteiger partial charge in [0, 0.05) is 28.7 Å². The molecule has 4 fully saturated rings. The summed E-state index contributed by atoms with van der Waals surface area (Å²) in [4.78, 5) is 24.0. The fraction of sp³-hybridized carbons (Fsp3) is 0.810. The Bertz CT molecular complexity index is 709. The Kier molecular flexibility index (Phi) is 5.80. The van der Waals surface area contributed by atoms with Crippen LogP contribution in [0.3, 0.4) is 0 Å². The van der Waals surface area contributed by atoms with Crippen molar-refractivity contribution in [1.29, 1.82) is 0 Å². The summed E-state index contributed by atoms with van der Waals surface area (Å²) in [6.45, 7) is 5.32. The Hall–Kier alpha value is -1.36. The Morgan fingerprint density at radius 2 is 1.93 bits per heavy atom. The highest BCUT2D eigenvalue weighted by molar-refractivity contribution is 5.91. The number of carbonyl (C=O) groups is 2. The average molecular weight is 426 g/mol. The van der Waals surface area contributed by atoms with E-state index in [1.54, 1.807) is 0 Å². The minimum atomic E-state index is -1.52. The molecule has 9 nitrogen and oxygen atoms in total. The van der Waals surface area contributed by atoms with Gasteiger partial charge in [-0.15, -0.1) is 0 Å². The summed E-state index contributed by atoms with van der Waals surface area (Å²) in [5.41, 5.74) is -0.0852. The first-order chi connectivity index (χ1) is 14.2. The predicted molar refractivity (Wildman–Crippen MR) is 101 cm³/mol. The van der Waals surface area contributed by atoms with Gasteiger partial charge in [-0.3, -0.25) is 0 Å². The van der Waals surface area contributed by atoms with Crippen molar-refractivity contribution in [2.75, 3.05) is 6.61 Å². The van der Waals surface area contributed by atoms with Crippen molar-refractivity contribution < 1.29 is 44.2 Å². The van der Waals surface area contributed by atoms with Gasteiger partial charge in [0.25, 0.3) is 0 Å². The first kappa shape index (κ1) is 21.9. The Labute approximate surface area is 174 Å². The molecule has 168 valence electrons. The number of aliphatic hydroxyl groups excluding tert-OH is 4. The lowest BCUT2D eigenvalue weighted by molar-refractivity contribution is -0.328. The van der Waals surface area contributed by atoms with Crippen molar-refractivity contribution in [2.24, 2.45) is 23.2 Å². The number of fused-ring (bicyclic) bond motifs is 3. The molecule has 0 bridgehead atoms. The quantitative estimate of drug-likeness (QED) is 0.260. The lowest BCUT2D eigenvalue weighted by Gasteiger charge is -2.56. The molecule has 9 heteroatoms. The second-order valence-corrected chi connectivity index (χ2v) is 9.27. The third-order valence-electron chi connectivity index (χ3n) is 7.74. The molecule has 0 unspecified atom stereocenters. The fourth-order valence-corrected chi connectivity index (χ4v) is 5.98. The van der Waals surface area contributed by atoms with Gasteiger partial charge in [0.2, 0.25) is 0 Å². The number of rotatable bonds is 4. The van der Waals surface area contributed by atoms with E-state index in [-0.39, 0.29) is 17.8 Å². The Morgan fingerprint density at radius 3 is 2.60 bits per heavy atom. The van der Waals surface area contributed by atoms with Gasteiger partial charge in [0.1, 0.15) is 36.8 Å². The van der Waals surface area contributed by atoms with Gasteiger partial charge in [0.05, 0.1) is 12.7 Å². The monoisotopic (exact) mass is 426 g/mol. The number of carbonyl (C=O) groups excluding carboxylic acids is 2. The zero-order valence-corrected chi connectivity index (χ0v) is 16.9. The highest BCUT2D eigenvalue weighted by Gasteiger charge is 2.61. The molecule has 0 radical (unpaired) electrons. The van der Waals surface area contributed by atoms with Gasteiger partial charge in [-0.05, 0) is 25.7 Å². The van der Waals surface area contributed by atoms with Gasteiger partial charge in [0.15, 0.2) is 6.29 Å². The molecule has 0 aromatic carbocycles. The van der Waals surface area contributed by atoms with Crippen LogP contribution in [0.4, 0.5) is 0 Å². The molecule has 2 aliphatic heterocycles. The van der Waals surface area contributed by atoms with E-state index < -0.39 is 60.9 Å². The standard InChI is InChI=1S/C21H30O9/c1-9-11-5-6-21(2)13(4-3-10(7-22)14(21)18(11)30-19(9)27)29-20-17(26)16(25)15(24)12(8-23)28-20/h7,10-18,20,23-26H,1,3-6,8H2,2H3/t10-,11-,12+,13+,14+,15+,16-,17+,18-,20-,21-/m0/s1. The maximum absolute atomic E-state index is 12.1. The van der Waals surface area contributed by atoms with Crippen LogP contribution >= 0.6 is 0 Å². The topological polar surface area (TPSA) is 143 Å². The summed E-state index contributed by atoms with van der Waals surface area (Å²) in [6.07, 6.45) is -4.34. The van der Waals surface area contributed by atoms with E-state index in [1.807, 2.05) is 6.92 Å². The van der Waals surface area contributed by atoms with Gasteiger partial charge in [-0.1, -0.05) is 13.5 Å². The lowest BCUT2D eigenvalue weighted by atomic mass is 9.52. The Balaban J connectivity index is 1.59. The molecule has 2 aliphatic carbocycles. The van der Waals surface area contributed by atoms with Crippen LogP contribution in [0.15, 0.2) is 12.2 Å². The third-order valence-corrected chi connectivity index (χ3v) is 7.74. The first-order valence-electron chi connectivity index (χ1n) is 10.5. The lowest BCUT2D eigenvalue weighted by Crippen LogP contribution is -2.62. The van der Waals surface area contributed by atoms with Gasteiger partial charge >= 0.3 is 5.97 Å². The molecule has 11 atom stereocenters.